The number of nitrogens with two attached hydrogens (primary N) is 1. The van der Waals surface area contributed by atoms with E-state index in [9.17, 15) is 0 Å². The Labute approximate surface area is 131 Å². The first kappa shape index (κ1) is 15.7. The highest BCUT2D eigenvalue weighted by Gasteiger charge is 2.21. The lowest BCUT2D eigenvalue weighted by molar-refractivity contribution is 0.352. The van der Waals surface area contributed by atoms with Crippen LogP contribution in [0.2, 0.25) is 0 Å². The third-order valence-corrected chi connectivity index (χ3v) is 3.99. The van der Waals surface area contributed by atoms with Gasteiger partial charge in [-0.05, 0) is 24.1 Å². The van der Waals surface area contributed by atoms with Gasteiger partial charge in [0, 0.05) is 4.47 Å². The van der Waals surface area contributed by atoms with Crippen molar-refractivity contribution in [2.45, 2.75) is 13.0 Å². The van der Waals surface area contributed by atoms with Gasteiger partial charge in [-0.3, -0.25) is 5.84 Å². The fourth-order valence-corrected chi connectivity index (χ4v) is 2.24. The van der Waals surface area contributed by atoms with Crippen LogP contribution in [0.5, 0.6) is 11.8 Å². The van der Waals surface area contributed by atoms with Crippen LogP contribution in [0.3, 0.4) is 0 Å². The molecule has 0 amide bonds. The zero-order chi connectivity index (χ0) is 15.4. The molecule has 0 aliphatic heterocycles. The Hall–Kier alpha value is -1.70. The zero-order valence-corrected chi connectivity index (χ0v) is 13.6. The zero-order valence-electron chi connectivity index (χ0n) is 12.1. The number of benzene rings is 1. The standard InChI is InChI=1S/C14H17BrN4O2/c1-8-6-9(4-5-10(8)15)12(19-16)13-14(21-3)18-11(20-2)7-17-13/h4-7,12,19H,16H2,1-3H3. The van der Waals surface area contributed by atoms with Crippen molar-refractivity contribution >= 4 is 15.9 Å². The smallest absolute Gasteiger partial charge is 0.240 e. The molecule has 0 spiro atoms. The second-order valence-electron chi connectivity index (χ2n) is 4.42. The molecular formula is C14H17BrN4O2. The summed E-state index contributed by atoms with van der Waals surface area (Å²) in [5.41, 5.74) is 5.43. The van der Waals surface area contributed by atoms with Crippen molar-refractivity contribution in [2.75, 3.05) is 14.2 Å². The molecule has 1 aromatic heterocycles. The maximum Gasteiger partial charge on any atom is 0.240 e. The van der Waals surface area contributed by atoms with E-state index < -0.39 is 0 Å². The summed E-state index contributed by atoms with van der Waals surface area (Å²) in [7, 11) is 3.06. The summed E-state index contributed by atoms with van der Waals surface area (Å²) in [6, 6.07) is 5.64. The molecule has 1 aromatic carbocycles. The Kier molecular flexibility index (Phi) is 5.11. The van der Waals surface area contributed by atoms with E-state index in [-0.39, 0.29) is 6.04 Å². The molecule has 0 saturated heterocycles. The number of hydrogen-bond donors (Lipinski definition) is 2. The van der Waals surface area contributed by atoms with Gasteiger partial charge in [-0.25, -0.2) is 10.4 Å². The van der Waals surface area contributed by atoms with Gasteiger partial charge < -0.3 is 9.47 Å². The van der Waals surface area contributed by atoms with Crippen LogP contribution >= 0.6 is 15.9 Å². The van der Waals surface area contributed by atoms with Crippen molar-refractivity contribution in [3.05, 3.63) is 45.7 Å². The topological polar surface area (TPSA) is 82.3 Å². The lowest BCUT2D eigenvalue weighted by Crippen LogP contribution is -2.30. The van der Waals surface area contributed by atoms with E-state index in [1.807, 2.05) is 25.1 Å². The third-order valence-electron chi connectivity index (χ3n) is 3.10. The summed E-state index contributed by atoms with van der Waals surface area (Å²) in [6.45, 7) is 2.01. The summed E-state index contributed by atoms with van der Waals surface area (Å²) >= 11 is 3.48. The molecule has 2 aromatic rings. The van der Waals surface area contributed by atoms with Gasteiger partial charge in [0.05, 0.1) is 26.5 Å². The molecule has 1 unspecified atom stereocenters. The van der Waals surface area contributed by atoms with E-state index >= 15 is 0 Å². The average molecular weight is 353 g/mol. The molecule has 3 N–H and O–H groups in total. The van der Waals surface area contributed by atoms with Crippen LogP contribution in [0, 0.1) is 6.92 Å². The van der Waals surface area contributed by atoms with Gasteiger partial charge in [-0.1, -0.05) is 28.1 Å². The number of hydrogen-bond acceptors (Lipinski definition) is 6. The van der Waals surface area contributed by atoms with Crippen molar-refractivity contribution in [3.63, 3.8) is 0 Å². The summed E-state index contributed by atoms with van der Waals surface area (Å²) in [6.07, 6.45) is 1.54. The molecule has 0 saturated carbocycles. The molecule has 21 heavy (non-hydrogen) atoms. The number of nitrogens with zero attached hydrogens (tertiary/aromatic N) is 2. The Balaban J connectivity index is 2.47. The number of nitrogens with one attached hydrogen (secondary N) is 1. The fraction of sp³-hybridized carbons (Fsp3) is 0.286. The molecular weight excluding hydrogens is 336 g/mol. The van der Waals surface area contributed by atoms with Gasteiger partial charge >= 0.3 is 0 Å². The first-order chi connectivity index (χ1) is 10.1. The second kappa shape index (κ2) is 6.84. The molecule has 6 nitrogen and oxygen atoms in total. The third kappa shape index (κ3) is 3.31. The SMILES string of the molecule is COc1cnc(C(NN)c2ccc(Br)c(C)c2)c(OC)n1. The number of hydrazine groups is 1. The van der Waals surface area contributed by atoms with E-state index in [4.69, 9.17) is 15.3 Å². The predicted octanol–water partition coefficient (Wildman–Crippen LogP) is 2.12. The van der Waals surface area contributed by atoms with E-state index in [0.717, 1.165) is 15.6 Å². The Morgan fingerprint density at radius 2 is 2.05 bits per heavy atom. The normalized spacial score (nSPS) is 12.0. The molecule has 112 valence electrons. The van der Waals surface area contributed by atoms with Gasteiger partial charge in [-0.15, -0.1) is 0 Å². The van der Waals surface area contributed by atoms with E-state index in [0.29, 0.717) is 17.5 Å². The van der Waals surface area contributed by atoms with Crippen molar-refractivity contribution in [3.8, 4) is 11.8 Å². The molecule has 1 atom stereocenters. The first-order valence-electron chi connectivity index (χ1n) is 6.27. The first-order valence-corrected chi connectivity index (χ1v) is 7.07. The molecule has 1 heterocycles. The molecule has 0 fully saturated rings. The van der Waals surface area contributed by atoms with Gasteiger partial charge in [0.1, 0.15) is 5.69 Å². The maximum atomic E-state index is 5.70. The van der Waals surface area contributed by atoms with Crippen LogP contribution in [0.1, 0.15) is 22.9 Å². The summed E-state index contributed by atoms with van der Waals surface area (Å²) in [5.74, 6) is 6.46. The fourth-order valence-electron chi connectivity index (χ4n) is 1.99. The number of halogens is 1. The predicted molar refractivity (Wildman–Crippen MR) is 83.2 cm³/mol. The largest absolute Gasteiger partial charge is 0.480 e. The van der Waals surface area contributed by atoms with Gasteiger partial charge in [0.15, 0.2) is 0 Å². The van der Waals surface area contributed by atoms with Crippen LogP contribution in [-0.2, 0) is 0 Å². The quantitative estimate of drug-likeness (QED) is 0.633. The lowest BCUT2D eigenvalue weighted by atomic mass is 10.0. The lowest BCUT2D eigenvalue weighted by Gasteiger charge is -2.18. The van der Waals surface area contributed by atoms with E-state index in [2.05, 4.69) is 31.3 Å². The summed E-state index contributed by atoms with van der Waals surface area (Å²) in [5, 5.41) is 0. The number of aryl methyl sites for hydroxylation is 1. The van der Waals surface area contributed by atoms with Crippen molar-refractivity contribution in [2.24, 2.45) is 5.84 Å². The summed E-state index contributed by atoms with van der Waals surface area (Å²) < 4.78 is 11.4. The van der Waals surface area contributed by atoms with Crippen molar-refractivity contribution in [1.82, 2.24) is 15.4 Å². The molecule has 7 heteroatoms. The number of aromatic nitrogens is 2. The van der Waals surface area contributed by atoms with E-state index in [1.54, 1.807) is 0 Å². The maximum absolute atomic E-state index is 5.70. The number of ether oxygens (including phenoxy) is 2. The summed E-state index contributed by atoms with van der Waals surface area (Å²) in [4.78, 5) is 8.59. The molecule has 0 aliphatic carbocycles. The van der Waals surface area contributed by atoms with Crippen LogP contribution in [0.25, 0.3) is 0 Å². The van der Waals surface area contributed by atoms with Gasteiger partial charge in [0.25, 0.3) is 0 Å². The minimum Gasteiger partial charge on any atom is -0.480 e. The Morgan fingerprint density at radius 1 is 1.29 bits per heavy atom. The number of rotatable bonds is 5. The highest BCUT2D eigenvalue weighted by atomic mass is 79.9. The highest BCUT2D eigenvalue weighted by Crippen LogP contribution is 2.29. The Bertz CT molecular complexity index is 636. The van der Waals surface area contributed by atoms with Crippen molar-refractivity contribution < 1.29 is 9.47 Å². The minimum atomic E-state index is -0.329. The monoisotopic (exact) mass is 352 g/mol. The molecule has 2 rings (SSSR count). The highest BCUT2D eigenvalue weighted by molar-refractivity contribution is 9.10. The van der Waals surface area contributed by atoms with Crippen LogP contribution in [0.4, 0.5) is 0 Å². The second-order valence-corrected chi connectivity index (χ2v) is 5.27. The van der Waals surface area contributed by atoms with Crippen molar-refractivity contribution in [1.29, 1.82) is 0 Å². The number of methoxy groups -OCH3 is 2. The average Bonchev–Trinajstić information content (AvgIpc) is 2.51. The molecule has 0 radical (unpaired) electrons. The molecule has 0 aliphatic rings. The molecule has 0 bridgehead atoms. The van der Waals surface area contributed by atoms with Crippen LogP contribution in [0.15, 0.2) is 28.9 Å². The van der Waals surface area contributed by atoms with Gasteiger partial charge in [0.2, 0.25) is 11.8 Å². The minimum absolute atomic E-state index is 0.329. The Morgan fingerprint density at radius 3 is 2.62 bits per heavy atom. The van der Waals surface area contributed by atoms with E-state index in [1.165, 1.54) is 20.4 Å². The van der Waals surface area contributed by atoms with Crippen LogP contribution in [-0.4, -0.2) is 24.2 Å². The van der Waals surface area contributed by atoms with Gasteiger partial charge in [-0.2, -0.15) is 4.98 Å². The van der Waals surface area contributed by atoms with Crippen LogP contribution < -0.4 is 20.7 Å².